The summed E-state index contributed by atoms with van der Waals surface area (Å²) in [5.41, 5.74) is 11.3. The lowest BCUT2D eigenvalue weighted by molar-refractivity contribution is -0.0427. The zero-order valence-electron chi connectivity index (χ0n) is 22.3. The number of aromatic nitrogens is 8. The molecule has 25 heteroatoms. The van der Waals surface area contributed by atoms with Crippen molar-refractivity contribution in [3.05, 3.63) is 29.3 Å². The number of thiol groups is 2. The Morgan fingerprint density at radius 1 is 1.00 bits per heavy atom. The van der Waals surface area contributed by atoms with Gasteiger partial charge in [-0.15, -0.1) is 11.8 Å². The molecule has 2 bridgehead atoms. The molecule has 6 N–H and O–H groups in total. The highest BCUT2D eigenvalue weighted by molar-refractivity contribution is 8.44. The van der Waals surface area contributed by atoms with Crippen molar-refractivity contribution >= 4 is 83.9 Å². The second kappa shape index (κ2) is 11.4. The van der Waals surface area contributed by atoms with E-state index in [0.717, 1.165) is 11.8 Å². The number of nitrogens with one attached hydrogen (secondary N) is 1. The fourth-order valence-corrected chi connectivity index (χ4v) is 9.89. The summed E-state index contributed by atoms with van der Waals surface area (Å²) in [5, 5.41) is 9.38. The molecule has 19 nitrogen and oxygen atoms in total. The zero-order valence-corrected chi connectivity index (χ0v) is 26.7. The number of H-pyrrole nitrogens is 1. The van der Waals surface area contributed by atoms with E-state index in [2.05, 4.69) is 54.4 Å². The molecule has 0 saturated carbocycles. The van der Waals surface area contributed by atoms with E-state index in [1.807, 2.05) is 0 Å². The molecular formula is C20H23FN10O9P2S3. The van der Waals surface area contributed by atoms with Crippen LogP contribution in [0.2, 0.25) is 0 Å². The molecule has 0 spiro atoms. The van der Waals surface area contributed by atoms with Crippen LogP contribution in [0.5, 0.6) is 0 Å². The molecule has 7 heterocycles. The number of aliphatic hydroxyl groups excluding tert-OH is 1. The number of rotatable bonds is 2. The lowest BCUT2D eigenvalue weighted by Gasteiger charge is -2.26. The number of aromatic amines is 1. The number of nitrogen functional groups attached to an aromatic ring is 2. The van der Waals surface area contributed by atoms with Crippen LogP contribution in [0, 0.1) is 0 Å². The van der Waals surface area contributed by atoms with Crippen molar-refractivity contribution in [3.63, 3.8) is 0 Å². The summed E-state index contributed by atoms with van der Waals surface area (Å²) < 4.78 is 73.8. The van der Waals surface area contributed by atoms with Crippen LogP contribution in [0.1, 0.15) is 11.6 Å². The Morgan fingerprint density at radius 3 is 2.47 bits per heavy atom. The molecule has 0 unspecified atom stereocenters. The summed E-state index contributed by atoms with van der Waals surface area (Å²) in [6.07, 6.45) is -5.48. The number of anilines is 2. The maximum atomic E-state index is 16.0. The van der Waals surface area contributed by atoms with E-state index in [1.165, 1.54) is 28.1 Å². The number of aliphatic hydroxyl groups is 1. The number of nitrogens with two attached hydrogens (primary N) is 2. The molecule has 0 amide bonds. The highest BCUT2D eigenvalue weighted by atomic mass is 32.7. The number of alkyl halides is 1. The van der Waals surface area contributed by atoms with E-state index in [0.29, 0.717) is 0 Å². The molecule has 242 valence electrons. The SMILES string of the molecule is Nc1nc2c(ncn2[C@@H]2S[C@@H]3CO[P@@](=O)(S)O[C@H]4[C@H](F)[C@H](n5cnc6c(N)ncnc65)O[C@@H]4CO[P@](=O)(S)O[C@@H]2[C@@H]3O)c(=O)[nH]1. The Morgan fingerprint density at radius 2 is 1.69 bits per heavy atom. The summed E-state index contributed by atoms with van der Waals surface area (Å²) in [6, 6.07) is 0. The van der Waals surface area contributed by atoms with Gasteiger partial charge in [0, 0.05) is 0 Å². The highest BCUT2D eigenvalue weighted by Crippen LogP contribution is 2.62. The molecule has 10 atom stereocenters. The van der Waals surface area contributed by atoms with Gasteiger partial charge in [-0.2, -0.15) is 4.98 Å². The van der Waals surface area contributed by atoms with Crippen molar-refractivity contribution in [2.75, 3.05) is 24.7 Å². The van der Waals surface area contributed by atoms with Crippen LogP contribution in [0.3, 0.4) is 0 Å². The Kier molecular flexibility index (Phi) is 7.96. The molecule has 0 radical (unpaired) electrons. The van der Waals surface area contributed by atoms with Crippen molar-refractivity contribution in [1.29, 1.82) is 0 Å². The number of thioether (sulfide) groups is 1. The molecule has 4 aromatic rings. The summed E-state index contributed by atoms with van der Waals surface area (Å²) in [7, 11) is 0. The van der Waals surface area contributed by atoms with Crippen molar-refractivity contribution < 1.29 is 41.5 Å². The molecule has 7 rings (SSSR count). The van der Waals surface area contributed by atoms with Crippen LogP contribution in [0.15, 0.2) is 23.8 Å². The van der Waals surface area contributed by atoms with Gasteiger partial charge in [-0.05, 0) is 0 Å². The van der Waals surface area contributed by atoms with Gasteiger partial charge in [0.2, 0.25) is 5.95 Å². The van der Waals surface area contributed by atoms with Gasteiger partial charge in [0.05, 0.1) is 37.2 Å². The van der Waals surface area contributed by atoms with Crippen LogP contribution in [0.25, 0.3) is 22.3 Å². The lowest BCUT2D eigenvalue weighted by Crippen LogP contribution is -2.35. The topological polar surface area (TPSA) is 260 Å². The third-order valence-electron chi connectivity index (χ3n) is 7.28. The first-order valence-corrected chi connectivity index (χ1v) is 19.2. The predicted octanol–water partition coefficient (Wildman–Crippen LogP) is 1.23. The van der Waals surface area contributed by atoms with Crippen molar-refractivity contribution in [1.82, 2.24) is 39.0 Å². The van der Waals surface area contributed by atoms with E-state index < -0.39 is 79.8 Å². The summed E-state index contributed by atoms with van der Waals surface area (Å²) in [5.74, 6) is -0.137. The van der Waals surface area contributed by atoms with Crippen LogP contribution >= 0.6 is 49.9 Å². The third-order valence-corrected chi connectivity index (χ3v) is 12.0. The Labute approximate surface area is 265 Å². The number of nitrogens with zero attached hydrogens (tertiary/aromatic N) is 7. The number of hydrogen-bond donors (Lipinski definition) is 6. The third kappa shape index (κ3) is 5.67. The minimum atomic E-state index is -4.35. The van der Waals surface area contributed by atoms with Crippen molar-refractivity contribution in [3.8, 4) is 0 Å². The monoisotopic (exact) mass is 724 g/mol. The van der Waals surface area contributed by atoms with E-state index in [4.69, 9.17) is 34.3 Å². The van der Waals surface area contributed by atoms with E-state index >= 15 is 4.39 Å². The highest BCUT2D eigenvalue weighted by Gasteiger charge is 2.53. The van der Waals surface area contributed by atoms with Crippen molar-refractivity contribution in [2.45, 2.75) is 47.4 Å². The van der Waals surface area contributed by atoms with Gasteiger partial charge >= 0.3 is 13.6 Å². The fraction of sp³-hybridized carbons (Fsp3) is 0.500. The van der Waals surface area contributed by atoms with Gasteiger partial charge in [0.25, 0.3) is 5.56 Å². The zero-order chi connectivity index (χ0) is 31.8. The molecule has 3 aliphatic rings. The Hall–Kier alpha value is -2.30. The van der Waals surface area contributed by atoms with Crippen LogP contribution in [-0.2, 0) is 32.0 Å². The van der Waals surface area contributed by atoms with Gasteiger partial charge in [-0.3, -0.25) is 37.0 Å². The molecular weight excluding hydrogens is 701 g/mol. The first-order valence-electron chi connectivity index (χ1n) is 12.9. The van der Waals surface area contributed by atoms with Gasteiger partial charge in [-0.1, -0.05) is 24.5 Å². The maximum absolute atomic E-state index is 16.0. The average molecular weight is 725 g/mol. The number of imidazole rings is 2. The van der Waals surface area contributed by atoms with Crippen LogP contribution < -0.4 is 17.0 Å². The molecule has 0 aromatic carbocycles. The number of halogens is 1. The second-order valence-corrected chi connectivity index (χ2v) is 17.2. The van der Waals surface area contributed by atoms with Crippen LogP contribution in [0.4, 0.5) is 16.2 Å². The molecule has 45 heavy (non-hydrogen) atoms. The molecule has 3 saturated heterocycles. The summed E-state index contributed by atoms with van der Waals surface area (Å²) >= 11 is 9.16. The average Bonchev–Trinajstić information content (AvgIpc) is 3.72. The minimum absolute atomic E-state index is 0.0507. The largest absolute Gasteiger partial charge is 0.389 e. The number of ether oxygens (including phenoxy) is 1. The Balaban J connectivity index is 1.21. The predicted molar refractivity (Wildman–Crippen MR) is 162 cm³/mol. The number of fused-ring (bicyclic) bond motifs is 5. The normalized spacial score (nSPS) is 37.7. The quantitative estimate of drug-likeness (QED) is 0.125. The van der Waals surface area contributed by atoms with E-state index in [-0.39, 0.29) is 34.1 Å². The van der Waals surface area contributed by atoms with E-state index in [9.17, 15) is 19.0 Å². The molecule has 3 fully saturated rings. The second-order valence-electron chi connectivity index (χ2n) is 10.1. The molecule has 3 aliphatic heterocycles. The van der Waals surface area contributed by atoms with Crippen LogP contribution in [-0.4, -0.2) is 93.2 Å². The van der Waals surface area contributed by atoms with Gasteiger partial charge in [0.15, 0.2) is 35.0 Å². The smallest absolute Gasteiger partial charge is 0.386 e. The van der Waals surface area contributed by atoms with Gasteiger partial charge < -0.3 is 21.3 Å². The summed E-state index contributed by atoms with van der Waals surface area (Å²) in [6.45, 7) is -9.76. The fourth-order valence-electron chi connectivity index (χ4n) is 5.26. The number of hydrogen-bond acceptors (Lipinski definition) is 17. The van der Waals surface area contributed by atoms with E-state index in [1.54, 1.807) is 0 Å². The van der Waals surface area contributed by atoms with Gasteiger partial charge in [-0.25, -0.2) is 33.5 Å². The first-order chi connectivity index (χ1) is 21.3. The minimum Gasteiger partial charge on any atom is -0.389 e. The Bertz CT molecular complexity index is 1950. The standard InChI is InChI=1S/C20H23FN10O9P2S3/c21-8-12-6(38-18(8)30-4-26-9-14(22)24-3-25-15(9)30)1-36-41(34,43)40-13-11(32)7(2-37-42(35,44)39-12)45-19(13)31-5-27-10-16(31)28-20(23)29-17(10)33/h3-8,11-13,18-19,32H,1-2H2,(H,34,43)(H,35,44)(H2,22,24,25)(H3,23,28,29,33)/t6-,7-,8+,11-,12-,13-,18-,19-,41+,42-/m1/s1. The first kappa shape index (κ1) is 31.3. The summed E-state index contributed by atoms with van der Waals surface area (Å²) in [4.78, 5) is 35.0. The molecule has 4 aromatic heterocycles. The van der Waals surface area contributed by atoms with Crippen molar-refractivity contribution in [2.24, 2.45) is 0 Å². The van der Waals surface area contributed by atoms with Gasteiger partial charge in [0.1, 0.15) is 35.5 Å². The molecule has 0 aliphatic carbocycles. The maximum Gasteiger partial charge on any atom is 0.386 e. The lowest BCUT2D eigenvalue weighted by atomic mass is 10.1.